The molecule has 3 rings (SSSR count). The molecule has 0 heterocycles. The highest BCUT2D eigenvalue weighted by Crippen LogP contribution is 2.29. The molecule has 1 aliphatic rings. The Morgan fingerprint density at radius 2 is 1.90 bits per heavy atom. The van der Waals surface area contributed by atoms with Crippen LogP contribution >= 0.6 is 0 Å². The number of nitrogens with zero attached hydrogens (tertiary/aromatic N) is 2. The molecular weight excluding hydrogens is 371 g/mol. The van der Waals surface area contributed by atoms with Gasteiger partial charge in [0.05, 0.1) is 0 Å². The van der Waals surface area contributed by atoms with E-state index in [1.54, 1.807) is 30.3 Å². The summed E-state index contributed by atoms with van der Waals surface area (Å²) in [6.07, 6.45) is 3.10. The molecule has 29 heavy (non-hydrogen) atoms. The fourth-order valence-electron chi connectivity index (χ4n) is 2.87. The summed E-state index contributed by atoms with van der Waals surface area (Å²) < 4.78 is 19.0. The van der Waals surface area contributed by atoms with Crippen molar-refractivity contribution in [3.05, 3.63) is 76.6 Å². The number of nitriles is 1. The summed E-state index contributed by atoms with van der Waals surface area (Å²) >= 11 is 0. The van der Waals surface area contributed by atoms with Crippen molar-refractivity contribution in [3.8, 4) is 6.07 Å². The molecular formula is C23H21FN2O3. The van der Waals surface area contributed by atoms with Gasteiger partial charge in [0.1, 0.15) is 17.5 Å². The topological polar surface area (TPSA) is 70.4 Å². The summed E-state index contributed by atoms with van der Waals surface area (Å²) in [5, 5.41) is 9.25. The summed E-state index contributed by atoms with van der Waals surface area (Å²) in [6.45, 7) is 1.57. The van der Waals surface area contributed by atoms with Crippen molar-refractivity contribution < 1.29 is 18.7 Å². The number of hydrogen-bond acceptors (Lipinski definition) is 4. The molecule has 5 nitrogen and oxygen atoms in total. The highest BCUT2D eigenvalue weighted by Gasteiger charge is 2.33. The number of carbonyl (C=O) groups excluding carboxylic acids is 2. The van der Waals surface area contributed by atoms with Crippen molar-refractivity contribution in [2.45, 2.75) is 32.4 Å². The van der Waals surface area contributed by atoms with Gasteiger partial charge in [0, 0.05) is 18.2 Å². The van der Waals surface area contributed by atoms with Gasteiger partial charge in [-0.15, -0.1) is 0 Å². The van der Waals surface area contributed by atoms with Gasteiger partial charge in [0.25, 0.3) is 5.91 Å². The molecule has 0 unspecified atom stereocenters. The van der Waals surface area contributed by atoms with Gasteiger partial charge in [-0.25, -0.2) is 9.18 Å². The Morgan fingerprint density at radius 1 is 1.21 bits per heavy atom. The Hall–Kier alpha value is -3.46. The van der Waals surface area contributed by atoms with E-state index in [4.69, 9.17) is 4.74 Å². The third-order valence-corrected chi connectivity index (χ3v) is 4.66. The van der Waals surface area contributed by atoms with Crippen molar-refractivity contribution in [1.82, 2.24) is 4.90 Å². The SMILES string of the molecule is Cc1ccc(/C=C(\C#N)C(=O)OCC(=O)N(Cc2ccccc2F)C2CC2)cc1. The Morgan fingerprint density at radius 3 is 2.52 bits per heavy atom. The lowest BCUT2D eigenvalue weighted by molar-refractivity contribution is -0.149. The lowest BCUT2D eigenvalue weighted by atomic mass is 10.1. The van der Waals surface area contributed by atoms with Gasteiger partial charge >= 0.3 is 5.97 Å². The Labute approximate surface area is 169 Å². The van der Waals surface area contributed by atoms with Gasteiger partial charge in [-0.05, 0) is 37.5 Å². The largest absolute Gasteiger partial charge is 0.451 e. The number of aryl methyl sites for hydroxylation is 1. The Kier molecular flexibility index (Phi) is 6.40. The highest BCUT2D eigenvalue weighted by molar-refractivity contribution is 5.98. The molecule has 148 valence electrons. The van der Waals surface area contributed by atoms with Crippen molar-refractivity contribution in [2.75, 3.05) is 6.61 Å². The summed E-state index contributed by atoms with van der Waals surface area (Å²) in [5.41, 5.74) is 1.98. The number of ether oxygens (including phenoxy) is 1. The second-order valence-electron chi connectivity index (χ2n) is 7.00. The lowest BCUT2D eigenvalue weighted by Crippen LogP contribution is -2.36. The van der Waals surface area contributed by atoms with E-state index in [0.717, 1.165) is 18.4 Å². The van der Waals surface area contributed by atoms with Crippen LogP contribution in [0.15, 0.2) is 54.1 Å². The zero-order chi connectivity index (χ0) is 20.8. The van der Waals surface area contributed by atoms with E-state index >= 15 is 0 Å². The van der Waals surface area contributed by atoms with Gasteiger partial charge in [-0.3, -0.25) is 4.79 Å². The first-order chi connectivity index (χ1) is 14.0. The standard InChI is InChI=1S/C23H21FN2O3/c1-16-6-8-17(9-7-16)12-19(13-25)23(28)29-15-22(27)26(20-10-11-20)14-18-4-2-3-5-21(18)24/h2-9,12,20H,10-11,14-15H2,1H3/b19-12+. The van der Waals surface area contributed by atoms with Crippen molar-refractivity contribution in [2.24, 2.45) is 0 Å². The number of hydrogen-bond donors (Lipinski definition) is 0. The highest BCUT2D eigenvalue weighted by atomic mass is 19.1. The van der Waals surface area contributed by atoms with Gasteiger partial charge in [-0.1, -0.05) is 48.0 Å². The van der Waals surface area contributed by atoms with Crippen LogP contribution in [-0.4, -0.2) is 29.4 Å². The Bertz CT molecular complexity index is 972. The minimum atomic E-state index is -0.858. The van der Waals surface area contributed by atoms with E-state index in [0.29, 0.717) is 11.1 Å². The van der Waals surface area contributed by atoms with E-state index in [-0.39, 0.29) is 24.0 Å². The van der Waals surface area contributed by atoms with Crippen LogP contribution in [0.25, 0.3) is 6.08 Å². The first-order valence-corrected chi connectivity index (χ1v) is 9.36. The van der Waals surface area contributed by atoms with Gasteiger partial charge in [0.15, 0.2) is 6.61 Å². The van der Waals surface area contributed by atoms with Crippen LogP contribution in [0.4, 0.5) is 4.39 Å². The number of rotatable bonds is 7. The summed E-state index contributed by atoms with van der Waals surface area (Å²) in [7, 11) is 0. The molecule has 0 bridgehead atoms. The smallest absolute Gasteiger partial charge is 0.349 e. The predicted molar refractivity (Wildman–Crippen MR) is 106 cm³/mol. The molecule has 1 saturated carbocycles. The maximum absolute atomic E-state index is 13.9. The van der Waals surface area contributed by atoms with Crippen molar-refractivity contribution in [3.63, 3.8) is 0 Å². The molecule has 0 aliphatic heterocycles. The fourth-order valence-corrected chi connectivity index (χ4v) is 2.87. The molecule has 1 aliphatic carbocycles. The number of amides is 1. The van der Waals surface area contributed by atoms with Crippen LogP contribution in [0.1, 0.15) is 29.5 Å². The quantitative estimate of drug-likeness (QED) is 0.409. The number of esters is 1. The first kappa shape index (κ1) is 20.3. The zero-order valence-electron chi connectivity index (χ0n) is 16.1. The average molecular weight is 392 g/mol. The molecule has 0 N–H and O–H groups in total. The van der Waals surface area contributed by atoms with E-state index in [2.05, 4.69) is 0 Å². The molecule has 0 spiro atoms. The molecule has 1 fully saturated rings. The van der Waals surface area contributed by atoms with Gasteiger partial charge in [0.2, 0.25) is 0 Å². The minimum absolute atomic E-state index is 0.0272. The summed E-state index contributed by atoms with van der Waals surface area (Å²) in [4.78, 5) is 26.3. The minimum Gasteiger partial charge on any atom is -0.451 e. The molecule has 0 saturated heterocycles. The molecule has 2 aromatic carbocycles. The predicted octanol–water partition coefficient (Wildman–Crippen LogP) is 3.78. The third-order valence-electron chi connectivity index (χ3n) is 4.66. The van der Waals surface area contributed by atoms with Crippen LogP contribution < -0.4 is 0 Å². The van der Waals surface area contributed by atoms with Crippen molar-refractivity contribution >= 4 is 18.0 Å². The third kappa shape index (κ3) is 5.52. The van der Waals surface area contributed by atoms with E-state index in [1.165, 1.54) is 17.0 Å². The molecule has 0 aromatic heterocycles. The average Bonchev–Trinajstić information content (AvgIpc) is 3.56. The van der Waals surface area contributed by atoms with Gasteiger partial charge in [-0.2, -0.15) is 5.26 Å². The molecule has 6 heteroatoms. The second kappa shape index (κ2) is 9.16. The van der Waals surface area contributed by atoms with E-state index < -0.39 is 18.5 Å². The molecule has 0 radical (unpaired) electrons. The Balaban J connectivity index is 1.63. The monoisotopic (exact) mass is 392 g/mol. The van der Waals surface area contributed by atoms with E-state index in [1.807, 2.05) is 25.1 Å². The van der Waals surface area contributed by atoms with E-state index in [9.17, 15) is 19.2 Å². The maximum atomic E-state index is 13.9. The fraction of sp³-hybridized carbons (Fsp3) is 0.261. The van der Waals surface area contributed by atoms with Crippen LogP contribution in [0.2, 0.25) is 0 Å². The zero-order valence-corrected chi connectivity index (χ0v) is 16.1. The molecule has 2 aromatic rings. The number of halogens is 1. The van der Waals surface area contributed by atoms with Gasteiger partial charge < -0.3 is 9.64 Å². The first-order valence-electron chi connectivity index (χ1n) is 9.36. The number of carbonyl (C=O) groups is 2. The normalized spacial score (nSPS) is 13.5. The summed E-state index contributed by atoms with van der Waals surface area (Å²) in [6, 6.07) is 15.4. The molecule has 0 atom stereocenters. The van der Waals surface area contributed by atoms with Crippen LogP contribution in [0.5, 0.6) is 0 Å². The van der Waals surface area contributed by atoms with Crippen molar-refractivity contribution in [1.29, 1.82) is 5.26 Å². The van der Waals surface area contributed by atoms with Crippen LogP contribution in [0.3, 0.4) is 0 Å². The van der Waals surface area contributed by atoms with Crippen LogP contribution in [-0.2, 0) is 20.9 Å². The second-order valence-corrected chi connectivity index (χ2v) is 7.00. The summed E-state index contributed by atoms with van der Waals surface area (Å²) in [5.74, 6) is -1.64. The number of benzene rings is 2. The molecule has 1 amide bonds. The lowest BCUT2D eigenvalue weighted by Gasteiger charge is -2.22. The maximum Gasteiger partial charge on any atom is 0.349 e. The van der Waals surface area contributed by atoms with Crippen LogP contribution in [0, 0.1) is 24.1 Å².